The van der Waals surface area contributed by atoms with Crippen molar-refractivity contribution in [2.75, 3.05) is 6.54 Å². The lowest BCUT2D eigenvalue weighted by atomic mass is 9.62. The number of nitrogens with two attached hydrogens (primary N) is 1. The van der Waals surface area contributed by atoms with E-state index in [0.717, 1.165) is 25.7 Å². The summed E-state index contributed by atoms with van der Waals surface area (Å²) >= 11 is 0. The maximum absolute atomic E-state index is 12.1. The van der Waals surface area contributed by atoms with Crippen LogP contribution in [0.5, 0.6) is 0 Å². The molecular weight excluding hydrogens is 188 g/mol. The maximum Gasteiger partial charge on any atom is 0.227 e. The number of nitrogens with one attached hydrogen (secondary N) is 1. The highest BCUT2D eigenvalue weighted by atomic mass is 16.2. The normalized spacial score (nSPS) is 30.1. The summed E-state index contributed by atoms with van der Waals surface area (Å²) in [6.45, 7) is 6.88. The van der Waals surface area contributed by atoms with Gasteiger partial charge in [-0.1, -0.05) is 20.8 Å². The van der Waals surface area contributed by atoms with Crippen LogP contribution in [0.3, 0.4) is 0 Å². The predicted molar refractivity (Wildman–Crippen MR) is 62.4 cm³/mol. The summed E-state index contributed by atoms with van der Waals surface area (Å²) in [6, 6.07) is 0.317. The molecule has 0 radical (unpaired) electrons. The van der Waals surface area contributed by atoms with Gasteiger partial charge in [-0.25, -0.2) is 0 Å². The smallest absolute Gasteiger partial charge is 0.227 e. The van der Waals surface area contributed by atoms with Crippen molar-refractivity contribution in [1.29, 1.82) is 0 Å². The van der Waals surface area contributed by atoms with Gasteiger partial charge < -0.3 is 11.1 Å². The first-order chi connectivity index (χ1) is 7.07. The summed E-state index contributed by atoms with van der Waals surface area (Å²) in [4.78, 5) is 12.1. The molecule has 88 valence electrons. The van der Waals surface area contributed by atoms with Gasteiger partial charge in [-0.3, -0.25) is 4.79 Å². The van der Waals surface area contributed by atoms with E-state index in [0.29, 0.717) is 18.5 Å². The van der Waals surface area contributed by atoms with Crippen LogP contribution in [0.25, 0.3) is 0 Å². The highest BCUT2D eigenvalue weighted by molar-refractivity contribution is 5.84. The Hall–Kier alpha value is -0.570. The molecule has 1 amide bonds. The zero-order valence-corrected chi connectivity index (χ0v) is 10.2. The van der Waals surface area contributed by atoms with Crippen LogP contribution in [0, 0.1) is 11.3 Å². The van der Waals surface area contributed by atoms with Crippen LogP contribution < -0.4 is 11.1 Å². The van der Waals surface area contributed by atoms with Gasteiger partial charge in [-0.2, -0.15) is 0 Å². The predicted octanol–water partition coefficient (Wildman–Crippen LogP) is 1.67. The van der Waals surface area contributed by atoms with Gasteiger partial charge in [-0.15, -0.1) is 0 Å². The summed E-state index contributed by atoms with van der Waals surface area (Å²) in [5, 5.41) is 3.11. The molecule has 1 fully saturated rings. The molecule has 0 heterocycles. The van der Waals surface area contributed by atoms with E-state index in [1.54, 1.807) is 0 Å². The van der Waals surface area contributed by atoms with E-state index in [1.165, 1.54) is 0 Å². The Kier molecular flexibility index (Phi) is 4.14. The Morgan fingerprint density at radius 1 is 1.47 bits per heavy atom. The molecule has 0 bridgehead atoms. The van der Waals surface area contributed by atoms with Crippen molar-refractivity contribution in [2.45, 2.75) is 52.5 Å². The van der Waals surface area contributed by atoms with Gasteiger partial charge in [-0.05, 0) is 31.6 Å². The fourth-order valence-electron chi connectivity index (χ4n) is 2.55. The first kappa shape index (κ1) is 12.5. The van der Waals surface area contributed by atoms with E-state index >= 15 is 0 Å². The molecule has 3 heteroatoms. The monoisotopic (exact) mass is 212 g/mol. The molecule has 1 saturated carbocycles. The Bertz CT molecular complexity index is 218. The lowest BCUT2D eigenvalue weighted by Gasteiger charge is -2.44. The average Bonchev–Trinajstić information content (AvgIpc) is 2.20. The van der Waals surface area contributed by atoms with Crippen molar-refractivity contribution in [1.82, 2.24) is 5.32 Å². The van der Waals surface area contributed by atoms with Gasteiger partial charge in [0.05, 0.1) is 5.41 Å². The molecule has 0 spiro atoms. The minimum Gasteiger partial charge on any atom is -0.353 e. The standard InChI is InChI=1S/C12H24N2O/c1-4-10(5-2)14-11(15)12(8-13)6-9(3)7-12/h9-10H,4-8,13H2,1-3H3,(H,14,15). The Morgan fingerprint density at radius 2 is 2.00 bits per heavy atom. The Morgan fingerprint density at radius 3 is 2.33 bits per heavy atom. The van der Waals surface area contributed by atoms with Gasteiger partial charge in [0.25, 0.3) is 0 Å². The molecule has 0 aromatic carbocycles. The molecule has 1 aliphatic carbocycles. The fourth-order valence-corrected chi connectivity index (χ4v) is 2.55. The molecule has 1 rings (SSSR count). The lowest BCUT2D eigenvalue weighted by molar-refractivity contribution is -0.138. The Balaban J connectivity index is 2.51. The number of hydrogen-bond donors (Lipinski definition) is 2. The SMILES string of the molecule is CCC(CC)NC(=O)C1(CN)CC(C)C1. The minimum atomic E-state index is -0.248. The second-order valence-electron chi connectivity index (χ2n) is 4.98. The van der Waals surface area contributed by atoms with Crippen molar-refractivity contribution in [3.8, 4) is 0 Å². The van der Waals surface area contributed by atoms with Gasteiger partial charge in [0.15, 0.2) is 0 Å². The molecule has 15 heavy (non-hydrogen) atoms. The third kappa shape index (κ3) is 2.51. The highest BCUT2D eigenvalue weighted by Gasteiger charge is 2.47. The fraction of sp³-hybridized carbons (Fsp3) is 0.917. The van der Waals surface area contributed by atoms with Gasteiger partial charge >= 0.3 is 0 Å². The quantitative estimate of drug-likeness (QED) is 0.728. The second-order valence-corrected chi connectivity index (χ2v) is 4.98. The van der Waals surface area contributed by atoms with E-state index < -0.39 is 0 Å². The summed E-state index contributed by atoms with van der Waals surface area (Å²) in [6.07, 6.45) is 3.90. The molecule has 1 aliphatic rings. The van der Waals surface area contributed by atoms with Crippen molar-refractivity contribution >= 4 is 5.91 Å². The van der Waals surface area contributed by atoms with Crippen LogP contribution in [0.2, 0.25) is 0 Å². The number of carbonyl (C=O) groups is 1. The number of hydrogen-bond acceptors (Lipinski definition) is 2. The summed E-state index contributed by atoms with van der Waals surface area (Å²) < 4.78 is 0. The summed E-state index contributed by atoms with van der Waals surface area (Å²) in [5.74, 6) is 0.831. The lowest BCUT2D eigenvalue weighted by Crippen LogP contribution is -2.55. The molecule has 0 aliphatic heterocycles. The van der Waals surface area contributed by atoms with Crippen LogP contribution >= 0.6 is 0 Å². The van der Waals surface area contributed by atoms with Crippen LogP contribution in [-0.2, 0) is 4.79 Å². The third-order valence-corrected chi connectivity index (χ3v) is 3.67. The molecule has 0 aromatic heterocycles. The third-order valence-electron chi connectivity index (χ3n) is 3.67. The largest absolute Gasteiger partial charge is 0.353 e. The van der Waals surface area contributed by atoms with Gasteiger partial charge in [0.2, 0.25) is 5.91 Å². The minimum absolute atomic E-state index is 0.178. The van der Waals surface area contributed by atoms with Crippen molar-refractivity contribution in [2.24, 2.45) is 17.1 Å². The Labute approximate surface area is 92.8 Å². The number of carbonyl (C=O) groups excluding carboxylic acids is 1. The summed E-state index contributed by atoms with van der Waals surface area (Å²) in [7, 11) is 0. The number of amides is 1. The zero-order valence-electron chi connectivity index (χ0n) is 10.2. The van der Waals surface area contributed by atoms with E-state index in [4.69, 9.17) is 5.73 Å². The topological polar surface area (TPSA) is 55.1 Å². The molecule has 0 saturated heterocycles. The van der Waals surface area contributed by atoms with Crippen LogP contribution in [0.4, 0.5) is 0 Å². The number of rotatable bonds is 5. The van der Waals surface area contributed by atoms with E-state index in [2.05, 4.69) is 26.1 Å². The van der Waals surface area contributed by atoms with Crippen molar-refractivity contribution in [3.63, 3.8) is 0 Å². The maximum atomic E-state index is 12.1. The van der Waals surface area contributed by atoms with Gasteiger partial charge in [0, 0.05) is 12.6 Å². The molecule has 0 atom stereocenters. The summed E-state index contributed by atoms with van der Waals surface area (Å²) in [5.41, 5.74) is 5.48. The molecular formula is C12H24N2O. The average molecular weight is 212 g/mol. The van der Waals surface area contributed by atoms with E-state index in [-0.39, 0.29) is 11.3 Å². The van der Waals surface area contributed by atoms with Crippen molar-refractivity contribution < 1.29 is 4.79 Å². The molecule has 3 nitrogen and oxygen atoms in total. The first-order valence-electron chi connectivity index (χ1n) is 6.09. The molecule has 3 N–H and O–H groups in total. The molecule has 0 aromatic rings. The molecule has 0 unspecified atom stereocenters. The highest BCUT2D eigenvalue weighted by Crippen LogP contribution is 2.44. The van der Waals surface area contributed by atoms with Crippen LogP contribution in [-0.4, -0.2) is 18.5 Å². The zero-order chi connectivity index (χ0) is 11.5. The van der Waals surface area contributed by atoms with E-state index in [9.17, 15) is 4.79 Å². The van der Waals surface area contributed by atoms with Crippen LogP contribution in [0.15, 0.2) is 0 Å². The first-order valence-corrected chi connectivity index (χ1v) is 6.09. The second kappa shape index (κ2) is 4.97. The van der Waals surface area contributed by atoms with Crippen LogP contribution in [0.1, 0.15) is 46.5 Å². The van der Waals surface area contributed by atoms with Crippen molar-refractivity contribution in [3.05, 3.63) is 0 Å². The van der Waals surface area contributed by atoms with Gasteiger partial charge in [0.1, 0.15) is 0 Å². The van der Waals surface area contributed by atoms with E-state index in [1.807, 2.05) is 0 Å².